The largest absolute Gasteiger partial charge is 0.480 e. The first kappa shape index (κ1) is 16.2. The molecule has 1 amide bonds. The summed E-state index contributed by atoms with van der Waals surface area (Å²) in [4.78, 5) is 12.6. The van der Waals surface area contributed by atoms with E-state index in [9.17, 15) is 4.79 Å². The molecule has 1 unspecified atom stereocenters. The van der Waals surface area contributed by atoms with Crippen molar-refractivity contribution in [3.63, 3.8) is 0 Å². The van der Waals surface area contributed by atoms with Crippen molar-refractivity contribution >= 4 is 45.6 Å². The van der Waals surface area contributed by atoms with Gasteiger partial charge in [0.1, 0.15) is 5.75 Å². The number of benzene rings is 3. The van der Waals surface area contributed by atoms with Crippen LogP contribution in [0.3, 0.4) is 0 Å². The summed E-state index contributed by atoms with van der Waals surface area (Å²) in [5, 5.41) is 5.92. The second-order valence-electron chi connectivity index (χ2n) is 6.07. The summed E-state index contributed by atoms with van der Waals surface area (Å²) in [6.07, 6.45) is 0.885. The normalized spacial score (nSPS) is 16.2. The van der Waals surface area contributed by atoms with Gasteiger partial charge in [0.2, 0.25) is 0 Å². The molecule has 0 saturated carbocycles. The van der Waals surface area contributed by atoms with Crippen LogP contribution in [0.2, 0.25) is 10.0 Å². The summed E-state index contributed by atoms with van der Waals surface area (Å²) in [5.41, 5.74) is 1.70. The summed E-state index contributed by atoms with van der Waals surface area (Å²) in [7, 11) is 0. The van der Waals surface area contributed by atoms with Gasteiger partial charge >= 0.3 is 0 Å². The van der Waals surface area contributed by atoms with Gasteiger partial charge in [0, 0.05) is 21.1 Å². The van der Waals surface area contributed by atoms with Gasteiger partial charge in [0.15, 0.2) is 6.10 Å². The fourth-order valence-electron chi connectivity index (χ4n) is 3.15. The van der Waals surface area contributed by atoms with Crippen LogP contribution in [-0.4, -0.2) is 12.0 Å². The highest BCUT2D eigenvalue weighted by atomic mass is 35.5. The standard InChI is InChI=1S/C20H15Cl2NO2/c21-14-9-15(22)11-16(10-14)23-20(24)18-8-7-13-6-5-12-3-1-2-4-17(12)19(13)25-18/h1-6,9-11,18H,7-8H2,(H,23,24). The van der Waals surface area contributed by atoms with Crippen LogP contribution >= 0.6 is 23.2 Å². The Bertz CT molecular complexity index is 951. The van der Waals surface area contributed by atoms with Crippen molar-refractivity contribution in [2.45, 2.75) is 18.9 Å². The molecule has 0 aromatic heterocycles. The van der Waals surface area contributed by atoms with Crippen molar-refractivity contribution < 1.29 is 9.53 Å². The van der Waals surface area contributed by atoms with Crippen LogP contribution in [0.1, 0.15) is 12.0 Å². The zero-order valence-electron chi connectivity index (χ0n) is 13.3. The zero-order chi connectivity index (χ0) is 17.4. The second-order valence-corrected chi connectivity index (χ2v) is 6.94. The third kappa shape index (κ3) is 3.30. The first-order chi connectivity index (χ1) is 12.1. The number of carbonyl (C=O) groups excluding carboxylic acids is 1. The van der Waals surface area contributed by atoms with Crippen LogP contribution in [0.4, 0.5) is 5.69 Å². The minimum Gasteiger partial charge on any atom is -0.480 e. The molecule has 3 aromatic rings. The van der Waals surface area contributed by atoms with Crippen LogP contribution in [-0.2, 0) is 11.2 Å². The number of hydrogen-bond acceptors (Lipinski definition) is 2. The Morgan fingerprint density at radius 2 is 1.80 bits per heavy atom. The summed E-state index contributed by atoms with van der Waals surface area (Å²) < 4.78 is 6.06. The molecule has 1 heterocycles. The number of rotatable bonds is 2. The average molecular weight is 372 g/mol. The van der Waals surface area contributed by atoms with E-state index in [0.717, 1.165) is 28.5 Å². The molecule has 0 radical (unpaired) electrons. The highest BCUT2D eigenvalue weighted by Crippen LogP contribution is 2.35. The summed E-state index contributed by atoms with van der Waals surface area (Å²) in [6.45, 7) is 0. The van der Waals surface area contributed by atoms with E-state index in [2.05, 4.69) is 17.4 Å². The molecule has 4 rings (SSSR count). The molecule has 1 N–H and O–H groups in total. The lowest BCUT2D eigenvalue weighted by Gasteiger charge is -2.26. The van der Waals surface area contributed by atoms with Crippen LogP contribution < -0.4 is 10.1 Å². The summed E-state index contributed by atoms with van der Waals surface area (Å²) in [6, 6.07) is 17.1. The van der Waals surface area contributed by atoms with E-state index >= 15 is 0 Å². The Morgan fingerprint density at radius 1 is 1.04 bits per heavy atom. The number of carbonyl (C=O) groups is 1. The number of amides is 1. The Balaban J connectivity index is 1.59. The first-order valence-electron chi connectivity index (χ1n) is 8.04. The number of anilines is 1. The molecule has 25 heavy (non-hydrogen) atoms. The topological polar surface area (TPSA) is 38.3 Å². The lowest BCUT2D eigenvalue weighted by molar-refractivity contribution is -0.123. The third-order valence-corrected chi connectivity index (χ3v) is 4.76. The Morgan fingerprint density at radius 3 is 2.60 bits per heavy atom. The molecule has 0 spiro atoms. The van der Waals surface area contributed by atoms with Gasteiger partial charge in [-0.25, -0.2) is 0 Å². The molecule has 0 fully saturated rings. The lowest BCUT2D eigenvalue weighted by Crippen LogP contribution is -2.35. The predicted molar refractivity (Wildman–Crippen MR) is 102 cm³/mol. The van der Waals surface area contributed by atoms with Gasteiger partial charge in [-0.05, 0) is 42.0 Å². The highest BCUT2D eigenvalue weighted by Gasteiger charge is 2.27. The maximum atomic E-state index is 12.6. The third-order valence-electron chi connectivity index (χ3n) is 4.32. The predicted octanol–water partition coefficient (Wildman–Crippen LogP) is 5.48. The minimum absolute atomic E-state index is 0.197. The first-order valence-corrected chi connectivity index (χ1v) is 8.80. The maximum Gasteiger partial charge on any atom is 0.265 e. The van der Waals surface area contributed by atoms with Crippen molar-refractivity contribution in [1.82, 2.24) is 0 Å². The van der Waals surface area contributed by atoms with Crippen LogP contribution in [0.5, 0.6) is 5.75 Å². The number of halogens is 2. The Kier molecular flexibility index (Phi) is 4.28. The minimum atomic E-state index is -0.545. The van der Waals surface area contributed by atoms with Crippen molar-refractivity contribution in [1.29, 1.82) is 0 Å². The van der Waals surface area contributed by atoms with E-state index in [0.29, 0.717) is 22.2 Å². The van der Waals surface area contributed by atoms with E-state index in [-0.39, 0.29) is 5.91 Å². The van der Waals surface area contributed by atoms with Gasteiger partial charge in [-0.3, -0.25) is 4.79 Å². The second kappa shape index (κ2) is 6.58. The van der Waals surface area contributed by atoms with E-state index < -0.39 is 6.10 Å². The SMILES string of the molecule is O=C(Nc1cc(Cl)cc(Cl)c1)C1CCc2ccc3ccccc3c2O1. The Labute approximate surface area is 155 Å². The molecule has 3 nitrogen and oxygen atoms in total. The fraction of sp³-hybridized carbons (Fsp3) is 0.150. The smallest absolute Gasteiger partial charge is 0.265 e. The zero-order valence-corrected chi connectivity index (χ0v) is 14.8. The van der Waals surface area contributed by atoms with Crippen LogP contribution in [0.25, 0.3) is 10.8 Å². The lowest BCUT2D eigenvalue weighted by atomic mass is 9.97. The van der Waals surface area contributed by atoms with E-state index in [1.807, 2.05) is 24.3 Å². The number of nitrogens with one attached hydrogen (secondary N) is 1. The van der Waals surface area contributed by atoms with Gasteiger partial charge in [-0.1, -0.05) is 59.6 Å². The quantitative estimate of drug-likeness (QED) is 0.647. The molecular weight excluding hydrogens is 357 g/mol. The highest BCUT2D eigenvalue weighted by molar-refractivity contribution is 6.35. The van der Waals surface area contributed by atoms with E-state index in [1.54, 1.807) is 18.2 Å². The van der Waals surface area contributed by atoms with Crippen LogP contribution in [0.15, 0.2) is 54.6 Å². The number of ether oxygens (including phenoxy) is 1. The average Bonchev–Trinajstić information content (AvgIpc) is 2.60. The van der Waals surface area contributed by atoms with Gasteiger partial charge < -0.3 is 10.1 Å². The summed E-state index contributed by atoms with van der Waals surface area (Å²) in [5.74, 6) is 0.602. The molecule has 5 heteroatoms. The molecule has 126 valence electrons. The monoisotopic (exact) mass is 371 g/mol. The molecule has 0 aliphatic carbocycles. The van der Waals surface area contributed by atoms with Gasteiger partial charge in [-0.2, -0.15) is 0 Å². The fourth-order valence-corrected chi connectivity index (χ4v) is 3.67. The van der Waals surface area contributed by atoms with Gasteiger partial charge in [-0.15, -0.1) is 0 Å². The molecule has 1 atom stereocenters. The van der Waals surface area contributed by atoms with E-state index in [4.69, 9.17) is 27.9 Å². The number of aryl methyl sites for hydroxylation is 1. The molecule has 3 aromatic carbocycles. The van der Waals surface area contributed by atoms with Gasteiger partial charge in [0.05, 0.1) is 0 Å². The van der Waals surface area contributed by atoms with Crippen molar-refractivity contribution in [2.75, 3.05) is 5.32 Å². The van der Waals surface area contributed by atoms with Gasteiger partial charge in [0.25, 0.3) is 5.91 Å². The van der Waals surface area contributed by atoms with E-state index in [1.165, 1.54) is 0 Å². The molecule has 0 saturated heterocycles. The molecule has 1 aliphatic heterocycles. The molecule has 1 aliphatic rings. The van der Waals surface area contributed by atoms with Crippen molar-refractivity contribution in [3.05, 3.63) is 70.2 Å². The Hall–Kier alpha value is -2.23. The molecular formula is C20H15Cl2NO2. The van der Waals surface area contributed by atoms with Crippen molar-refractivity contribution in [2.24, 2.45) is 0 Å². The van der Waals surface area contributed by atoms with Crippen LogP contribution in [0, 0.1) is 0 Å². The number of fused-ring (bicyclic) bond motifs is 3. The maximum absolute atomic E-state index is 12.6. The number of hydrogen-bond donors (Lipinski definition) is 1. The molecule has 0 bridgehead atoms. The van der Waals surface area contributed by atoms with Crippen molar-refractivity contribution in [3.8, 4) is 5.75 Å². The summed E-state index contributed by atoms with van der Waals surface area (Å²) >= 11 is 12.0.